The van der Waals surface area contributed by atoms with Crippen LogP contribution < -0.4 is 20.5 Å². The molecule has 244 valence electrons. The molecule has 3 aromatic heterocycles. The molecule has 0 fully saturated rings. The Labute approximate surface area is 275 Å². The standard InChI is InChI=1S/C38H43N5O4/c1-25(2)32-22-29(27-11-7-15-31(21-27)47-20-9-14-30-13-5-6-16-39-30)23-33(26(3)4)35(32)41-38(46)43(18-10-19-44)34-24-28-12-8-17-40-36(28)42-37(34)45/h5-8,11-13,15-17,21-26,44H,9-10,14,18-20H2,1-4H3,(H,41,46)(H,40,42,45). The van der Waals surface area contributed by atoms with Crippen LogP contribution in [0.15, 0.2) is 90.0 Å². The number of hydrogen-bond donors (Lipinski definition) is 3. The van der Waals surface area contributed by atoms with Crippen LogP contribution in [0, 0.1) is 0 Å². The number of amides is 2. The van der Waals surface area contributed by atoms with E-state index in [-0.39, 0.29) is 30.7 Å². The van der Waals surface area contributed by atoms with Crippen LogP contribution in [0.4, 0.5) is 16.2 Å². The van der Waals surface area contributed by atoms with Gasteiger partial charge in [0.1, 0.15) is 17.1 Å². The zero-order chi connectivity index (χ0) is 33.3. The summed E-state index contributed by atoms with van der Waals surface area (Å²) >= 11 is 0. The molecule has 9 heteroatoms. The second kappa shape index (κ2) is 15.5. The first-order valence-electron chi connectivity index (χ1n) is 16.2. The number of carbonyl (C=O) groups excluding carboxylic acids is 1. The Kier molecular flexibility index (Phi) is 11.0. The van der Waals surface area contributed by atoms with Crippen LogP contribution in [0.5, 0.6) is 5.75 Å². The second-order valence-corrected chi connectivity index (χ2v) is 12.2. The van der Waals surface area contributed by atoms with Gasteiger partial charge >= 0.3 is 6.03 Å². The lowest BCUT2D eigenvalue weighted by Crippen LogP contribution is -2.39. The number of nitrogens with one attached hydrogen (secondary N) is 2. The number of ether oxygens (including phenoxy) is 1. The highest BCUT2D eigenvalue weighted by Crippen LogP contribution is 2.38. The zero-order valence-electron chi connectivity index (χ0n) is 27.5. The van der Waals surface area contributed by atoms with Gasteiger partial charge in [-0.1, -0.05) is 45.9 Å². The van der Waals surface area contributed by atoms with Gasteiger partial charge in [-0.15, -0.1) is 0 Å². The van der Waals surface area contributed by atoms with Gasteiger partial charge < -0.3 is 20.1 Å². The van der Waals surface area contributed by atoms with Gasteiger partial charge in [0.15, 0.2) is 0 Å². The van der Waals surface area contributed by atoms with Crippen LogP contribution in [0.2, 0.25) is 0 Å². The summed E-state index contributed by atoms with van der Waals surface area (Å²) in [5.41, 5.74) is 6.03. The van der Waals surface area contributed by atoms with Crippen molar-refractivity contribution in [2.24, 2.45) is 0 Å². The molecule has 9 nitrogen and oxygen atoms in total. The number of urea groups is 1. The Morgan fingerprint density at radius 2 is 1.66 bits per heavy atom. The lowest BCUT2D eigenvalue weighted by molar-refractivity contribution is 0.254. The number of nitrogens with zero attached hydrogens (tertiary/aromatic N) is 3. The SMILES string of the molecule is CC(C)c1cc(-c2cccc(OCCCc3ccccn3)c2)cc(C(C)C)c1NC(=O)N(CCCO)c1cc2cccnc2[nH]c1=O. The fourth-order valence-electron chi connectivity index (χ4n) is 5.62. The molecular formula is C38H43N5O4. The van der Waals surface area contributed by atoms with E-state index < -0.39 is 11.6 Å². The first-order chi connectivity index (χ1) is 22.7. The van der Waals surface area contributed by atoms with Crippen molar-refractivity contribution in [1.29, 1.82) is 0 Å². The van der Waals surface area contributed by atoms with Gasteiger partial charge in [0, 0.05) is 42.3 Å². The number of rotatable bonds is 13. The molecule has 0 aliphatic heterocycles. The third-order valence-corrected chi connectivity index (χ3v) is 8.09. The van der Waals surface area contributed by atoms with Gasteiger partial charge in [0.05, 0.1) is 6.61 Å². The summed E-state index contributed by atoms with van der Waals surface area (Å²) in [5.74, 6) is 0.984. The van der Waals surface area contributed by atoms with Gasteiger partial charge in [-0.05, 0) is 108 Å². The summed E-state index contributed by atoms with van der Waals surface area (Å²) in [6.07, 6.45) is 5.44. The molecule has 0 bridgehead atoms. The molecule has 0 spiro atoms. The third kappa shape index (κ3) is 8.23. The van der Waals surface area contributed by atoms with Crippen molar-refractivity contribution in [1.82, 2.24) is 15.0 Å². The molecule has 47 heavy (non-hydrogen) atoms. The van der Waals surface area contributed by atoms with E-state index in [4.69, 9.17) is 4.74 Å². The summed E-state index contributed by atoms with van der Waals surface area (Å²) in [7, 11) is 0. The second-order valence-electron chi connectivity index (χ2n) is 12.2. The van der Waals surface area contributed by atoms with E-state index in [0.717, 1.165) is 52.2 Å². The van der Waals surface area contributed by atoms with Crippen LogP contribution in [0.25, 0.3) is 22.2 Å². The molecule has 2 aromatic carbocycles. The predicted octanol–water partition coefficient (Wildman–Crippen LogP) is 7.66. The molecule has 0 saturated carbocycles. The van der Waals surface area contributed by atoms with Gasteiger partial charge in [0.2, 0.25) is 0 Å². The summed E-state index contributed by atoms with van der Waals surface area (Å²) in [6, 6.07) is 23.1. The summed E-state index contributed by atoms with van der Waals surface area (Å²) in [6.45, 7) is 9.04. The van der Waals surface area contributed by atoms with E-state index in [1.54, 1.807) is 18.3 Å². The van der Waals surface area contributed by atoms with Crippen molar-refractivity contribution < 1.29 is 14.6 Å². The Hall–Kier alpha value is -5.02. The lowest BCUT2D eigenvalue weighted by Gasteiger charge is -2.26. The number of hydrogen-bond acceptors (Lipinski definition) is 6. The maximum atomic E-state index is 14.0. The number of H-pyrrole nitrogens is 1. The number of aliphatic hydroxyl groups is 1. The van der Waals surface area contributed by atoms with Crippen molar-refractivity contribution in [3.05, 3.63) is 112 Å². The number of carbonyl (C=O) groups is 1. The molecule has 0 saturated heterocycles. The molecule has 3 N–H and O–H groups in total. The quantitative estimate of drug-likeness (QED) is 0.115. The topological polar surface area (TPSA) is 120 Å². The number of benzene rings is 2. The molecule has 0 radical (unpaired) electrons. The maximum Gasteiger partial charge on any atom is 0.326 e. The number of anilines is 2. The van der Waals surface area contributed by atoms with Gasteiger partial charge in [-0.25, -0.2) is 9.78 Å². The normalized spacial score (nSPS) is 11.3. The fraction of sp³-hybridized carbons (Fsp3) is 0.316. The van der Waals surface area contributed by atoms with Crippen LogP contribution in [0.1, 0.15) is 69.2 Å². The van der Waals surface area contributed by atoms with E-state index in [1.165, 1.54) is 4.90 Å². The molecular weight excluding hydrogens is 590 g/mol. The minimum atomic E-state index is -0.440. The van der Waals surface area contributed by atoms with Crippen LogP contribution in [0.3, 0.4) is 0 Å². The zero-order valence-corrected chi connectivity index (χ0v) is 27.5. The smallest absolute Gasteiger partial charge is 0.326 e. The Bertz CT molecular complexity index is 1840. The highest BCUT2D eigenvalue weighted by Gasteiger charge is 2.24. The molecule has 0 aliphatic rings. The average Bonchev–Trinajstić information content (AvgIpc) is 3.07. The van der Waals surface area contributed by atoms with E-state index in [1.807, 2.05) is 42.6 Å². The molecule has 5 aromatic rings. The van der Waals surface area contributed by atoms with Crippen molar-refractivity contribution in [2.45, 2.75) is 58.8 Å². The maximum absolute atomic E-state index is 14.0. The number of aliphatic hydroxyl groups excluding tert-OH is 1. The molecule has 5 rings (SSSR count). The lowest BCUT2D eigenvalue weighted by atomic mass is 9.88. The Morgan fingerprint density at radius 1 is 0.894 bits per heavy atom. The van der Waals surface area contributed by atoms with Gasteiger partial charge in [0.25, 0.3) is 5.56 Å². The molecule has 0 unspecified atom stereocenters. The summed E-state index contributed by atoms with van der Waals surface area (Å²) < 4.78 is 6.12. The predicted molar refractivity (Wildman–Crippen MR) is 189 cm³/mol. The summed E-state index contributed by atoms with van der Waals surface area (Å²) in [4.78, 5) is 39.9. The monoisotopic (exact) mass is 633 g/mol. The number of fused-ring (bicyclic) bond motifs is 1. The largest absolute Gasteiger partial charge is 0.494 e. The van der Waals surface area contributed by atoms with Crippen molar-refractivity contribution >= 4 is 28.4 Å². The van der Waals surface area contributed by atoms with Crippen molar-refractivity contribution in [2.75, 3.05) is 30.0 Å². The summed E-state index contributed by atoms with van der Waals surface area (Å²) in [5, 5.41) is 13.5. The van der Waals surface area contributed by atoms with Crippen LogP contribution in [-0.4, -0.2) is 45.8 Å². The van der Waals surface area contributed by atoms with Crippen LogP contribution >= 0.6 is 0 Å². The molecule has 2 amide bonds. The number of aryl methyl sites for hydroxylation is 1. The molecule has 0 aliphatic carbocycles. The third-order valence-electron chi connectivity index (χ3n) is 8.09. The average molecular weight is 634 g/mol. The van der Waals surface area contributed by atoms with E-state index in [0.29, 0.717) is 24.1 Å². The number of aromatic amines is 1. The number of pyridine rings is 3. The van der Waals surface area contributed by atoms with E-state index in [9.17, 15) is 14.7 Å². The fourth-order valence-corrected chi connectivity index (χ4v) is 5.62. The minimum absolute atomic E-state index is 0.0924. The Balaban J connectivity index is 1.43. The highest BCUT2D eigenvalue weighted by atomic mass is 16.5. The van der Waals surface area contributed by atoms with E-state index >= 15 is 0 Å². The van der Waals surface area contributed by atoms with Gasteiger partial charge in [-0.2, -0.15) is 0 Å². The highest BCUT2D eigenvalue weighted by molar-refractivity contribution is 6.03. The molecule has 0 atom stereocenters. The van der Waals surface area contributed by atoms with E-state index in [2.05, 4.69) is 72.2 Å². The molecule has 3 heterocycles. The minimum Gasteiger partial charge on any atom is -0.494 e. The van der Waals surface area contributed by atoms with Crippen LogP contribution in [-0.2, 0) is 6.42 Å². The first-order valence-corrected chi connectivity index (χ1v) is 16.2. The number of aromatic nitrogens is 3. The Morgan fingerprint density at radius 3 is 2.36 bits per heavy atom. The van der Waals surface area contributed by atoms with Gasteiger partial charge in [-0.3, -0.25) is 14.7 Å². The van der Waals surface area contributed by atoms with Crippen molar-refractivity contribution in [3.8, 4) is 16.9 Å². The first kappa shape index (κ1) is 33.3. The van der Waals surface area contributed by atoms with Crippen molar-refractivity contribution in [3.63, 3.8) is 0 Å².